The minimum Gasteiger partial charge on any atom is -0.511 e. The van der Waals surface area contributed by atoms with Gasteiger partial charge in [0, 0.05) is 30.6 Å². The molecule has 6 rings (SSSR count). The van der Waals surface area contributed by atoms with Gasteiger partial charge in [-0.05, 0) is 55.2 Å². The van der Waals surface area contributed by atoms with Crippen molar-refractivity contribution < 1.29 is 26.7 Å². The summed E-state index contributed by atoms with van der Waals surface area (Å²) in [6.07, 6.45) is 9.73. The molecule has 3 N–H and O–H groups in total. The summed E-state index contributed by atoms with van der Waals surface area (Å²) >= 11 is 1.10. The zero-order valence-corrected chi connectivity index (χ0v) is 23.1. The van der Waals surface area contributed by atoms with Crippen LogP contribution in [0.2, 0.25) is 0 Å². The molecule has 1 aromatic rings. The number of aliphatic hydroxyl groups excluding tert-OH is 1. The van der Waals surface area contributed by atoms with E-state index in [1.54, 1.807) is 5.38 Å². The summed E-state index contributed by atoms with van der Waals surface area (Å²) in [6.45, 7) is 0.441. The number of nitrogens with one attached hydrogen (secondary N) is 2. The molecule has 0 radical (unpaired) electrons. The molecule has 2 aliphatic heterocycles. The highest BCUT2D eigenvalue weighted by atomic mass is 32.2. The highest BCUT2D eigenvalue weighted by Crippen LogP contribution is 2.55. The number of sulfonamides is 2. The molecule has 0 spiro atoms. The highest BCUT2D eigenvalue weighted by Gasteiger charge is 2.57. The topological polar surface area (TPSA) is 145 Å². The van der Waals surface area contributed by atoms with Crippen LogP contribution in [0.3, 0.4) is 0 Å². The molecule has 5 aliphatic rings. The Bertz CT molecular complexity index is 1410. The molecule has 0 saturated heterocycles. The number of carbonyl (C=O) groups is 1. The largest absolute Gasteiger partial charge is 0.511 e. The second-order valence-electron chi connectivity index (χ2n) is 11.1. The number of amidine groups is 1. The molecule has 1 amide bonds. The number of rotatable bonds is 6. The number of hydrogen-bond donors (Lipinski definition) is 3. The Morgan fingerprint density at radius 2 is 1.92 bits per heavy atom. The van der Waals surface area contributed by atoms with Crippen LogP contribution in [0.25, 0.3) is 0 Å². The van der Waals surface area contributed by atoms with E-state index in [1.165, 1.54) is 6.42 Å². The maximum Gasteiger partial charge on any atom is 0.287 e. The van der Waals surface area contributed by atoms with Crippen molar-refractivity contribution in [1.82, 2.24) is 9.62 Å². The summed E-state index contributed by atoms with van der Waals surface area (Å²) in [4.78, 5) is 15.8. The van der Waals surface area contributed by atoms with E-state index >= 15 is 0 Å². The number of aliphatic hydroxyl groups is 1. The van der Waals surface area contributed by atoms with Gasteiger partial charge >= 0.3 is 0 Å². The Morgan fingerprint density at radius 3 is 2.65 bits per heavy atom. The van der Waals surface area contributed by atoms with E-state index in [1.807, 2.05) is 4.90 Å². The number of carbonyl (C=O) groups excluding carboxylic acids is 1. The van der Waals surface area contributed by atoms with Crippen molar-refractivity contribution in [2.45, 2.75) is 68.8 Å². The minimum absolute atomic E-state index is 0.0382. The third-order valence-corrected chi connectivity index (χ3v) is 11.9. The molecule has 1 aromatic heterocycles. The monoisotopic (exact) mass is 568 g/mol. The summed E-state index contributed by atoms with van der Waals surface area (Å²) in [7, 11) is -7.76. The Kier molecular flexibility index (Phi) is 6.20. The van der Waals surface area contributed by atoms with Gasteiger partial charge in [0.05, 0.1) is 6.26 Å². The molecule has 3 aliphatic carbocycles. The van der Waals surface area contributed by atoms with Gasteiger partial charge in [0.15, 0.2) is 5.84 Å². The number of fused-ring (bicyclic) bond motifs is 6. The summed E-state index contributed by atoms with van der Waals surface area (Å²) < 4.78 is 55.9. The third kappa shape index (κ3) is 4.41. The van der Waals surface area contributed by atoms with Crippen LogP contribution in [-0.4, -0.2) is 57.4 Å². The standard InChI is InChI=1S/C24H32N4O6S3/c1-36(31,32)25-10-16-12-35-23-21(16)37(33,34)27-22(26-23)18-20(29)17-14-7-8-15(9-14)19(17)28(24(18)30)11-13-5-3-2-4-6-13/h12-15,17,19,25,29H,2-11H2,1H3,(H,26,27)/t14-,15+,17?,19?/m1/s1. The summed E-state index contributed by atoms with van der Waals surface area (Å²) in [5.41, 5.74) is 0.240. The molecule has 2 bridgehead atoms. The smallest absolute Gasteiger partial charge is 0.287 e. The van der Waals surface area contributed by atoms with Gasteiger partial charge in [-0.15, -0.1) is 15.7 Å². The second kappa shape index (κ2) is 9.06. The lowest BCUT2D eigenvalue weighted by Crippen LogP contribution is -2.55. The Balaban J connectivity index is 1.36. The van der Waals surface area contributed by atoms with Gasteiger partial charge in [-0.3, -0.25) is 4.79 Å². The molecule has 37 heavy (non-hydrogen) atoms. The van der Waals surface area contributed by atoms with Gasteiger partial charge < -0.3 is 15.3 Å². The van der Waals surface area contributed by atoms with Gasteiger partial charge in [-0.1, -0.05) is 19.3 Å². The summed E-state index contributed by atoms with van der Waals surface area (Å²) in [5, 5.41) is 16.3. The first-order chi connectivity index (χ1) is 17.5. The van der Waals surface area contributed by atoms with Crippen LogP contribution in [0.4, 0.5) is 5.00 Å². The van der Waals surface area contributed by atoms with Crippen molar-refractivity contribution >= 4 is 48.1 Å². The van der Waals surface area contributed by atoms with Crippen LogP contribution in [0.15, 0.2) is 26.0 Å². The Morgan fingerprint density at radius 1 is 1.19 bits per heavy atom. The predicted octanol–water partition coefficient (Wildman–Crippen LogP) is 2.96. The van der Waals surface area contributed by atoms with Gasteiger partial charge in [-0.25, -0.2) is 13.1 Å². The molecule has 10 nitrogen and oxygen atoms in total. The van der Waals surface area contributed by atoms with Gasteiger partial charge in [0.1, 0.15) is 21.2 Å². The Hall–Kier alpha value is -1.96. The summed E-state index contributed by atoms with van der Waals surface area (Å²) in [5.74, 6) is 0.331. The SMILES string of the molecule is CS(=O)(=O)NCc1csc2c1S(=O)(=O)N=C(C1=C(O)C3C([C@H]4CC[C@@H]3C4)N(CC3CCCCC3)C1=O)N2. The van der Waals surface area contributed by atoms with Crippen LogP contribution in [-0.2, 0) is 31.4 Å². The number of hydrogen-bond acceptors (Lipinski definition) is 8. The lowest BCUT2D eigenvalue weighted by Gasteiger charge is -2.45. The lowest BCUT2D eigenvalue weighted by atomic mass is 9.77. The van der Waals surface area contributed by atoms with E-state index in [-0.39, 0.29) is 63.0 Å². The zero-order chi connectivity index (χ0) is 26.1. The average molecular weight is 569 g/mol. The van der Waals surface area contributed by atoms with E-state index in [2.05, 4.69) is 14.4 Å². The molecule has 3 fully saturated rings. The van der Waals surface area contributed by atoms with Crippen LogP contribution < -0.4 is 10.0 Å². The quantitative estimate of drug-likeness (QED) is 0.478. The minimum atomic E-state index is -4.23. The van der Waals surface area contributed by atoms with Crippen molar-refractivity contribution in [2.75, 3.05) is 18.1 Å². The molecule has 4 atom stereocenters. The summed E-state index contributed by atoms with van der Waals surface area (Å²) in [6, 6.07) is -0.0382. The molecular weight excluding hydrogens is 536 g/mol. The first-order valence-electron chi connectivity index (χ1n) is 12.9. The number of thiophene rings is 1. The first-order valence-corrected chi connectivity index (χ1v) is 17.2. The van der Waals surface area contributed by atoms with Crippen molar-refractivity contribution in [2.24, 2.45) is 28.1 Å². The Labute approximate surface area is 221 Å². The molecule has 13 heteroatoms. The molecule has 2 unspecified atom stereocenters. The van der Waals surface area contributed by atoms with Crippen LogP contribution >= 0.6 is 11.3 Å². The van der Waals surface area contributed by atoms with Crippen molar-refractivity contribution in [3.63, 3.8) is 0 Å². The normalized spacial score (nSPS) is 31.2. The maximum absolute atomic E-state index is 14.0. The van der Waals surface area contributed by atoms with E-state index in [9.17, 15) is 26.7 Å². The molecular formula is C24H32N4O6S3. The molecule has 3 saturated carbocycles. The average Bonchev–Trinajstić information content (AvgIpc) is 3.55. The fourth-order valence-electron chi connectivity index (χ4n) is 7.21. The third-order valence-electron chi connectivity index (χ3n) is 8.74. The zero-order valence-electron chi connectivity index (χ0n) is 20.6. The molecule has 3 heterocycles. The fourth-order valence-corrected chi connectivity index (χ4v) is 10.2. The van der Waals surface area contributed by atoms with Crippen LogP contribution in [0.5, 0.6) is 0 Å². The number of anilines is 1. The van der Waals surface area contributed by atoms with E-state index < -0.39 is 20.0 Å². The number of nitrogens with zero attached hydrogens (tertiary/aromatic N) is 2. The van der Waals surface area contributed by atoms with Gasteiger partial charge in [0.25, 0.3) is 15.9 Å². The molecule has 202 valence electrons. The van der Waals surface area contributed by atoms with Crippen molar-refractivity contribution in [1.29, 1.82) is 0 Å². The van der Waals surface area contributed by atoms with Crippen LogP contribution in [0.1, 0.15) is 56.9 Å². The van der Waals surface area contributed by atoms with Crippen molar-refractivity contribution in [3.05, 3.63) is 22.3 Å². The van der Waals surface area contributed by atoms with Crippen LogP contribution in [0, 0.1) is 23.7 Å². The molecule has 0 aromatic carbocycles. The first kappa shape index (κ1) is 25.3. The van der Waals surface area contributed by atoms with Gasteiger partial charge in [-0.2, -0.15) is 8.42 Å². The van der Waals surface area contributed by atoms with E-state index in [0.717, 1.165) is 62.5 Å². The van der Waals surface area contributed by atoms with E-state index in [4.69, 9.17) is 0 Å². The lowest BCUT2D eigenvalue weighted by molar-refractivity contribution is -0.134. The predicted molar refractivity (Wildman–Crippen MR) is 140 cm³/mol. The highest BCUT2D eigenvalue weighted by molar-refractivity contribution is 7.91. The maximum atomic E-state index is 14.0. The van der Waals surface area contributed by atoms with Gasteiger partial charge in [0.2, 0.25) is 10.0 Å². The fraction of sp³-hybridized carbons (Fsp3) is 0.667. The second-order valence-corrected chi connectivity index (χ2v) is 15.4. The van der Waals surface area contributed by atoms with Crippen molar-refractivity contribution in [3.8, 4) is 0 Å². The van der Waals surface area contributed by atoms with E-state index in [0.29, 0.717) is 18.4 Å². The number of amides is 1.